The van der Waals surface area contributed by atoms with E-state index in [0.29, 0.717) is 22.7 Å². The SMILES string of the molecule is CC(C)Oc1ccc(N(Cc2ccc(C(=O)Nc3ccc(Cc4ccncc4)cc3)cc2)S(C)(=O)=O)cc1. The van der Waals surface area contributed by atoms with Crippen molar-refractivity contribution < 1.29 is 17.9 Å². The Morgan fingerprint density at radius 1 is 0.842 bits per heavy atom. The van der Waals surface area contributed by atoms with E-state index in [1.54, 1.807) is 60.9 Å². The summed E-state index contributed by atoms with van der Waals surface area (Å²) >= 11 is 0. The Morgan fingerprint density at radius 3 is 2.00 bits per heavy atom. The molecule has 1 N–H and O–H groups in total. The second-order valence-corrected chi connectivity index (χ2v) is 11.2. The molecule has 8 heteroatoms. The molecule has 0 saturated carbocycles. The van der Waals surface area contributed by atoms with Gasteiger partial charge in [0.15, 0.2) is 0 Å². The third kappa shape index (κ3) is 7.43. The number of hydrogen-bond acceptors (Lipinski definition) is 5. The average Bonchev–Trinajstić information content (AvgIpc) is 2.89. The van der Waals surface area contributed by atoms with Crippen LogP contribution in [0.1, 0.15) is 40.9 Å². The zero-order chi connectivity index (χ0) is 27.1. The average molecular weight is 530 g/mol. The maximum absolute atomic E-state index is 12.8. The number of nitrogens with zero attached hydrogens (tertiary/aromatic N) is 2. The fraction of sp³-hybridized carbons (Fsp3) is 0.200. The van der Waals surface area contributed by atoms with Crippen molar-refractivity contribution in [2.45, 2.75) is 32.9 Å². The van der Waals surface area contributed by atoms with E-state index in [-0.39, 0.29) is 18.6 Å². The summed E-state index contributed by atoms with van der Waals surface area (Å²) < 4.78 is 32.0. The van der Waals surface area contributed by atoms with Crippen molar-refractivity contribution in [2.24, 2.45) is 0 Å². The molecule has 0 radical (unpaired) electrons. The summed E-state index contributed by atoms with van der Waals surface area (Å²) in [4.78, 5) is 16.8. The summed E-state index contributed by atoms with van der Waals surface area (Å²) in [5.41, 5.74) is 4.79. The van der Waals surface area contributed by atoms with Gasteiger partial charge in [0, 0.05) is 23.6 Å². The Kier molecular flexibility index (Phi) is 8.43. The number of aromatic nitrogens is 1. The van der Waals surface area contributed by atoms with Crippen LogP contribution < -0.4 is 14.4 Å². The molecule has 0 aliphatic carbocycles. The number of rotatable bonds is 10. The van der Waals surface area contributed by atoms with Gasteiger partial charge in [-0.15, -0.1) is 0 Å². The maximum atomic E-state index is 12.8. The molecule has 1 heterocycles. The molecule has 0 unspecified atom stereocenters. The number of nitrogens with one attached hydrogen (secondary N) is 1. The molecule has 4 rings (SSSR count). The second-order valence-electron chi connectivity index (χ2n) is 9.31. The van der Waals surface area contributed by atoms with Crippen LogP contribution in [-0.2, 0) is 23.0 Å². The lowest BCUT2D eigenvalue weighted by atomic mass is 10.1. The number of carbonyl (C=O) groups excluding carboxylic acids is 1. The number of benzene rings is 3. The van der Waals surface area contributed by atoms with Gasteiger partial charge in [0.1, 0.15) is 5.75 Å². The predicted molar refractivity (Wildman–Crippen MR) is 151 cm³/mol. The van der Waals surface area contributed by atoms with Gasteiger partial charge in [0.25, 0.3) is 5.91 Å². The minimum Gasteiger partial charge on any atom is -0.491 e. The van der Waals surface area contributed by atoms with E-state index in [1.807, 2.05) is 50.2 Å². The van der Waals surface area contributed by atoms with Gasteiger partial charge in [0.05, 0.1) is 24.6 Å². The quantitative estimate of drug-likeness (QED) is 0.286. The Morgan fingerprint density at radius 2 is 1.42 bits per heavy atom. The van der Waals surface area contributed by atoms with Gasteiger partial charge >= 0.3 is 0 Å². The number of sulfonamides is 1. The molecule has 0 atom stereocenters. The molecule has 1 aromatic heterocycles. The van der Waals surface area contributed by atoms with Crippen LogP contribution in [0.2, 0.25) is 0 Å². The van der Waals surface area contributed by atoms with Gasteiger partial charge < -0.3 is 10.1 Å². The van der Waals surface area contributed by atoms with Crippen molar-refractivity contribution in [3.8, 4) is 5.75 Å². The summed E-state index contributed by atoms with van der Waals surface area (Å²) in [5.74, 6) is 0.440. The van der Waals surface area contributed by atoms with Crippen LogP contribution in [0.4, 0.5) is 11.4 Å². The first-order valence-electron chi connectivity index (χ1n) is 12.3. The zero-order valence-electron chi connectivity index (χ0n) is 21.7. The number of pyridine rings is 1. The fourth-order valence-corrected chi connectivity index (χ4v) is 4.82. The molecular weight excluding hydrogens is 498 g/mol. The molecule has 7 nitrogen and oxygen atoms in total. The topological polar surface area (TPSA) is 88.6 Å². The lowest BCUT2D eigenvalue weighted by Gasteiger charge is -2.23. The first kappa shape index (κ1) is 26.9. The van der Waals surface area contributed by atoms with E-state index in [2.05, 4.69) is 10.3 Å². The molecule has 0 spiro atoms. The van der Waals surface area contributed by atoms with Crippen LogP contribution in [0.3, 0.4) is 0 Å². The Hall–Kier alpha value is -4.17. The highest BCUT2D eigenvalue weighted by Gasteiger charge is 2.18. The molecule has 0 bridgehead atoms. The lowest BCUT2D eigenvalue weighted by Crippen LogP contribution is -2.29. The molecule has 196 valence electrons. The first-order valence-corrected chi connectivity index (χ1v) is 14.1. The molecule has 0 fully saturated rings. The van der Waals surface area contributed by atoms with Crippen LogP contribution in [0.5, 0.6) is 5.75 Å². The minimum atomic E-state index is -3.53. The van der Waals surface area contributed by atoms with E-state index in [4.69, 9.17) is 4.74 Å². The van der Waals surface area contributed by atoms with E-state index in [0.717, 1.165) is 17.5 Å². The summed E-state index contributed by atoms with van der Waals surface area (Å²) in [7, 11) is -3.53. The van der Waals surface area contributed by atoms with E-state index >= 15 is 0 Å². The number of hydrogen-bond donors (Lipinski definition) is 1. The summed E-state index contributed by atoms with van der Waals surface area (Å²) in [6.07, 6.45) is 5.54. The standard InChI is InChI=1S/C30H31N3O4S/c1-22(2)37-29-14-12-28(13-15-29)33(38(3,35)36)21-25-4-8-26(9-5-25)30(34)32-27-10-6-23(7-11-27)20-24-16-18-31-19-17-24/h4-19,22H,20-21H2,1-3H3,(H,32,34). The second kappa shape index (κ2) is 11.9. The van der Waals surface area contributed by atoms with E-state index in [9.17, 15) is 13.2 Å². The van der Waals surface area contributed by atoms with Crippen LogP contribution in [-0.4, -0.2) is 31.7 Å². The van der Waals surface area contributed by atoms with Crippen LogP contribution in [0.25, 0.3) is 0 Å². The van der Waals surface area contributed by atoms with Crippen molar-refractivity contribution in [1.82, 2.24) is 4.98 Å². The Labute approximate surface area is 224 Å². The highest BCUT2D eigenvalue weighted by molar-refractivity contribution is 7.92. The van der Waals surface area contributed by atoms with Crippen molar-refractivity contribution in [2.75, 3.05) is 15.9 Å². The molecule has 38 heavy (non-hydrogen) atoms. The van der Waals surface area contributed by atoms with Gasteiger partial charge in [-0.1, -0.05) is 24.3 Å². The lowest BCUT2D eigenvalue weighted by molar-refractivity contribution is 0.102. The third-order valence-corrected chi connectivity index (χ3v) is 6.95. The fourth-order valence-electron chi connectivity index (χ4n) is 3.94. The number of ether oxygens (including phenoxy) is 1. The van der Waals surface area contributed by atoms with Gasteiger partial charge in [-0.3, -0.25) is 14.1 Å². The predicted octanol–water partition coefficient (Wildman–Crippen LogP) is 5.68. The number of carbonyl (C=O) groups is 1. The smallest absolute Gasteiger partial charge is 0.255 e. The largest absolute Gasteiger partial charge is 0.491 e. The van der Waals surface area contributed by atoms with Crippen LogP contribution in [0, 0.1) is 0 Å². The van der Waals surface area contributed by atoms with Gasteiger partial charge in [0.2, 0.25) is 10.0 Å². The van der Waals surface area contributed by atoms with Crippen molar-refractivity contribution in [1.29, 1.82) is 0 Å². The zero-order valence-corrected chi connectivity index (χ0v) is 22.5. The Bertz CT molecular complexity index is 1450. The molecule has 1 amide bonds. The maximum Gasteiger partial charge on any atom is 0.255 e. The minimum absolute atomic E-state index is 0.0273. The van der Waals surface area contributed by atoms with Gasteiger partial charge in [-0.05, 0) is 97.6 Å². The molecular formula is C30H31N3O4S. The van der Waals surface area contributed by atoms with E-state index in [1.165, 1.54) is 16.1 Å². The van der Waals surface area contributed by atoms with Crippen LogP contribution in [0.15, 0.2) is 97.3 Å². The highest BCUT2D eigenvalue weighted by atomic mass is 32.2. The Balaban J connectivity index is 1.39. The summed E-state index contributed by atoms with van der Waals surface area (Å²) in [6, 6.07) is 25.6. The van der Waals surface area contributed by atoms with Crippen molar-refractivity contribution in [3.63, 3.8) is 0 Å². The van der Waals surface area contributed by atoms with Crippen molar-refractivity contribution in [3.05, 3.63) is 120 Å². The number of anilines is 2. The van der Waals surface area contributed by atoms with Crippen molar-refractivity contribution >= 4 is 27.3 Å². The van der Waals surface area contributed by atoms with Crippen LogP contribution >= 0.6 is 0 Å². The summed E-state index contributed by atoms with van der Waals surface area (Å²) in [6.45, 7) is 4.01. The summed E-state index contributed by atoms with van der Waals surface area (Å²) in [5, 5.41) is 2.91. The monoisotopic (exact) mass is 529 g/mol. The highest BCUT2D eigenvalue weighted by Crippen LogP contribution is 2.24. The first-order chi connectivity index (χ1) is 18.2. The molecule has 4 aromatic rings. The van der Waals surface area contributed by atoms with Gasteiger partial charge in [-0.25, -0.2) is 8.42 Å². The number of amides is 1. The molecule has 0 aliphatic heterocycles. The molecule has 0 saturated heterocycles. The molecule has 0 aliphatic rings. The van der Waals surface area contributed by atoms with Gasteiger partial charge in [-0.2, -0.15) is 0 Å². The normalized spacial score (nSPS) is 11.3. The third-order valence-electron chi connectivity index (χ3n) is 5.81. The van der Waals surface area contributed by atoms with E-state index < -0.39 is 10.0 Å². The molecule has 3 aromatic carbocycles.